The Morgan fingerprint density at radius 1 is 1.12 bits per heavy atom. The summed E-state index contributed by atoms with van der Waals surface area (Å²) in [6, 6.07) is 13.9. The SMILES string of the molecule is Cn1c(SCCOc2ccccc2Cl)nnc1-c1ccccc1F. The molecule has 4 nitrogen and oxygen atoms in total. The molecule has 0 radical (unpaired) electrons. The molecule has 0 fully saturated rings. The van der Waals surface area contributed by atoms with E-state index in [2.05, 4.69) is 10.2 Å². The Morgan fingerprint density at radius 2 is 1.88 bits per heavy atom. The van der Waals surface area contributed by atoms with Crippen LogP contribution in [0.4, 0.5) is 4.39 Å². The van der Waals surface area contributed by atoms with Crippen molar-refractivity contribution in [2.75, 3.05) is 12.4 Å². The maximum absolute atomic E-state index is 13.9. The first-order valence-corrected chi connectivity index (χ1v) is 8.67. The van der Waals surface area contributed by atoms with Gasteiger partial charge in [0, 0.05) is 12.8 Å². The largest absolute Gasteiger partial charge is 0.491 e. The fourth-order valence-corrected chi connectivity index (χ4v) is 3.08. The molecular weight excluding hydrogens is 349 g/mol. The lowest BCUT2D eigenvalue weighted by Crippen LogP contribution is -2.02. The minimum Gasteiger partial charge on any atom is -0.491 e. The molecule has 124 valence electrons. The highest BCUT2D eigenvalue weighted by atomic mass is 35.5. The molecule has 0 spiro atoms. The molecule has 3 aromatic rings. The van der Waals surface area contributed by atoms with Crippen molar-refractivity contribution in [3.05, 3.63) is 59.4 Å². The smallest absolute Gasteiger partial charge is 0.191 e. The van der Waals surface area contributed by atoms with Gasteiger partial charge in [0.25, 0.3) is 0 Å². The van der Waals surface area contributed by atoms with E-state index in [1.807, 2.05) is 25.2 Å². The van der Waals surface area contributed by atoms with Crippen LogP contribution in [0.1, 0.15) is 0 Å². The van der Waals surface area contributed by atoms with E-state index in [9.17, 15) is 4.39 Å². The third-order valence-corrected chi connectivity index (χ3v) is 4.66. The average molecular weight is 364 g/mol. The van der Waals surface area contributed by atoms with Gasteiger partial charge in [-0.1, -0.05) is 47.6 Å². The number of aromatic nitrogens is 3. The first-order valence-electron chi connectivity index (χ1n) is 7.31. The van der Waals surface area contributed by atoms with Gasteiger partial charge in [-0.25, -0.2) is 4.39 Å². The normalized spacial score (nSPS) is 10.8. The number of benzene rings is 2. The summed E-state index contributed by atoms with van der Waals surface area (Å²) in [5.74, 6) is 1.52. The molecule has 2 aromatic carbocycles. The first-order chi connectivity index (χ1) is 11.7. The second kappa shape index (κ2) is 7.68. The summed E-state index contributed by atoms with van der Waals surface area (Å²) in [6.07, 6.45) is 0. The Hall–Kier alpha value is -2.05. The lowest BCUT2D eigenvalue weighted by Gasteiger charge is -2.07. The van der Waals surface area contributed by atoms with Gasteiger partial charge in [0.15, 0.2) is 11.0 Å². The van der Waals surface area contributed by atoms with E-state index < -0.39 is 0 Å². The number of halogens is 2. The zero-order valence-corrected chi connectivity index (χ0v) is 14.5. The molecule has 1 aromatic heterocycles. The molecule has 0 N–H and O–H groups in total. The Kier molecular flexibility index (Phi) is 5.37. The predicted molar refractivity (Wildman–Crippen MR) is 94.1 cm³/mol. The molecular formula is C17H15ClFN3OS. The van der Waals surface area contributed by atoms with Gasteiger partial charge in [-0.05, 0) is 24.3 Å². The molecule has 7 heteroatoms. The highest BCUT2D eigenvalue weighted by Crippen LogP contribution is 2.26. The monoisotopic (exact) mass is 363 g/mol. The van der Waals surface area contributed by atoms with Crippen molar-refractivity contribution < 1.29 is 9.13 Å². The first kappa shape index (κ1) is 16.8. The van der Waals surface area contributed by atoms with Gasteiger partial charge in [-0.2, -0.15) is 0 Å². The standard InChI is InChI=1S/C17H15ClFN3OS/c1-22-16(12-6-2-4-8-14(12)19)20-21-17(22)24-11-10-23-15-9-5-3-7-13(15)18/h2-9H,10-11H2,1H3. The molecule has 0 saturated heterocycles. The molecule has 0 atom stereocenters. The number of ether oxygens (including phenoxy) is 1. The van der Waals surface area contributed by atoms with Crippen molar-refractivity contribution in [2.45, 2.75) is 5.16 Å². The topological polar surface area (TPSA) is 39.9 Å². The van der Waals surface area contributed by atoms with E-state index >= 15 is 0 Å². The van der Waals surface area contributed by atoms with Crippen molar-refractivity contribution in [1.29, 1.82) is 0 Å². The second-order valence-corrected chi connectivity index (χ2v) is 6.44. The highest BCUT2D eigenvalue weighted by molar-refractivity contribution is 7.99. The van der Waals surface area contributed by atoms with E-state index in [4.69, 9.17) is 16.3 Å². The van der Waals surface area contributed by atoms with Gasteiger partial charge < -0.3 is 9.30 Å². The van der Waals surface area contributed by atoms with Crippen LogP contribution in [0.15, 0.2) is 53.7 Å². The number of nitrogens with zero attached hydrogens (tertiary/aromatic N) is 3. The molecule has 3 rings (SSSR count). The van der Waals surface area contributed by atoms with Crippen molar-refractivity contribution in [1.82, 2.24) is 14.8 Å². The minimum atomic E-state index is -0.313. The van der Waals surface area contributed by atoms with Crippen LogP contribution in [-0.2, 0) is 7.05 Å². The maximum Gasteiger partial charge on any atom is 0.191 e. The Bertz CT molecular complexity index is 840. The quantitative estimate of drug-likeness (QED) is 0.479. The fourth-order valence-electron chi connectivity index (χ4n) is 2.16. The number of thioether (sulfide) groups is 1. The van der Waals surface area contributed by atoms with E-state index in [1.165, 1.54) is 17.8 Å². The highest BCUT2D eigenvalue weighted by Gasteiger charge is 2.14. The molecule has 0 aliphatic rings. The van der Waals surface area contributed by atoms with E-state index in [0.717, 1.165) is 0 Å². The van der Waals surface area contributed by atoms with Crippen LogP contribution in [0.2, 0.25) is 5.02 Å². The average Bonchev–Trinajstić information content (AvgIpc) is 2.94. The molecule has 0 unspecified atom stereocenters. The summed E-state index contributed by atoms with van der Waals surface area (Å²) in [5.41, 5.74) is 0.437. The summed E-state index contributed by atoms with van der Waals surface area (Å²) < 4.78 is 21.3. The third kappa shape index (κ3) is 3.71. The lowest BCUT2D eigenvalue weighted by molar-refractivity contribution is 0.344. The molecule has 0 saturated carbocycles. The number of para-hydroxylation sites is 1. The van der Waals surface area contributed by atoms with Gasteiger partial charge in [0.2, 0.25) is 0 Å². The summed E-state index contributed by atoms with van der Waals surface area (Å²) in [5, 5.41) is 9.50. The zero-order valence-electron chi connectivity index (χ0n) is 12.9. The van der Waals surface area contributed by atoms with E-state index in [1.54, 1.807) is 28.8 Å². The van der Waals surface area contributed by atoms with Gasteiger partial charge in [0.1, 0.15) is 11.6 Å². The molecule has 0 bridgehead atoms. The number of hydrogen-bond acceptors (Lipinski definition) is 4. The summed E-state index contributed by atoms with van der Waals surface area (Å²) in [4.78, 5) is 0. The summed E-state index contributed by atoms with van der Waals surface area (Å²) >= 11 is 7.53. The summed E-state index contributed by atoms with van der Waals surface area (Å²) in [7, 11) is 1.82. The predicted octanol–water partition coefficient (Wildman–Crippen LogP) is 4.45. The van der Waals surface area contributed by atoms with Crippen LogP contribution in [0.25, 0.3) is 11.4 Å². The van der Waals surface area contributed by atoms with Crippen LogP contribution in [0.3, 0.4) is 0 Å². The van der Waals surface area contributed by atoms with Crippen molar-refractivity contribution in [3.8, 4) is 17.1 Å². The second-order valence-electron chi connectivity index (χ2n) is 4.97. The van der Waals surface area contributed by atoms with Gasteiger partial charge in [-0.15, -0.1) is 10.2 Å². The Morgan fingerprint density at radius 3 is 2.67 bits per heavy atom. The van der Waals surface area contributed by atoms with Crippen molar-refractivity contribution in [2.24, 2.45) is 7.05 Å². The van der Waals surface area contributed by atoms with E-state index in [0.29, 0.717) is 39.7 Å². The molecule has 1 heterocycles. The van der Waals surface area contributed by atoms with E-state index in [-0.39, 0.29) is 5.82 Å². The van der Waals surface area contributed by atoms with Crippen LogP contribution >= 0.6 is 23.4 Å². The minimum absolute atomic E-state index is 0.313. The number of rotatable bonds is 6. The molecule has 0 aliphatic heterocycles. The Labute approximate surface area is 148 Å². The summed E-state index contributed by atoms with van der Waals surface area (Å²) in [6.45, 7) is 0.482. The van der Waals surface area contributed by atoms with Gasteiger partial charge in [0.05, 0.1) is 17.2 Å². The van der Waals surface area contributed by atoms with Crippen molar-refractivity contribution in [3.63, 3.8) is 0 Å². The maximum atomic E-state index is 13.9. The van der Waals surface area contributed by atoms with Crippen LogP contribution in [0, 0.1) is 5.82 Å². The van der Waals surface area contributed by atoms with Gasteiger partial charge in [-0.3, -0.25) is 0 Å². The third-order valence-electron chi connectivity index (χ3n) is 3.36. The van der Waals surface area contributed by atoms with Crippen molar-refractivity contribution >= 4 is 23.4 Å². The number of hydrogen-bond donors (Lipinski definition) is 0. The van der Waals surface area contributed by atoms with Gasteiger partial charge >= 0.3 is 0 Å². The molecule has 0 aliphatic carbocycles. The van der Waals surface area contributed by atoms with Crippen LogP contribution in [0.5, 0.6) is 5.75 Å². The lowest BCUT2D eigenvalue weighted by atomic mass is 10.2. The van der Waals surface area contributed by atoms with Crippen LogP contribution < -0.4 is 4.74 Å². The molecule has 24 heavy (non-hydrogen) atoms. The zero-order chi connectivity index (χ0) is 16.9. The van der Waals surface area contributed by atoms with Crippen LogP contribution in [-0.4, -0.2) is 27.1 Å². The fraction of sp³-hybridized carbons (Fsp3) is 0.176. The molecule has 0 amide bonds. The Balaban J connectivity index is 1.61.